The molecule has 3 rings (SSSR count). The first kappa shape index (κ1) is 10.7. The van der Waals surface area contributed by atoms with E-state index in [1.54, 1.807) is 11.3 Å². The molecule has 0 N–H and O–H groups in total. The Bertz CT molecular complexity index is 515. The van der Waals surface area contributed by atoms with E-state index in [9.17, 15) is 0 Å². The summed E-state index contributed by atoms with van der Waals surface area (Å²) < 4.78 is 0. The highest BCUT2D eigenvalue weighted by molar-refractivity contribution is 7.14. The van der Waals surface area contributed by atoms with Crippen molar-refractivity contribution in [2.45, 2.75) is 19.8 Å². The van der Waals surface area contributed by atoms with E-state index in [0.29, 0.717) is 0 Å². The van der Waals surface area contributed by atoms with Crippen molar-refractivity contribution in [3.63, 3.8) is 0 Å². The van der Waals surface area contributed by atoms with Crippen molar-refractivity contribution < 1.29 is 0 Å². The lowest BCUT2D eigenvalue weighted by atomic mass is 10.2. The van der Waals surface area contributed by atoms with E-state index < -0.39 is 0 Å². The van der Waals surface area contributed by atoms with Crippen molar-refractivity contribution in [3.05, 3.63) is 29.3 Å². The summed E-state index contributed by atoms with van der Waals surface area (Å²) in [7, 11) is 0. The first-order valence-corrected chi connectivity index (χ1v) is 6.80. The van der Waals surface area contributed by atoms with Crippen molar-refractivity contribution in [1.29, 1.82) is 0 Å². The lowest BCUT2D eigenvalue weighted by Gasteiger charge is -2.17. The molecule has 0 spiro atoms. The third-order valence-electron chi connectivity index (χ3n) is 3.09. The van der Waals surface area contributed by atoms with Gasteiger partial charge < -0.3 is 4.90 Å². The third-order valence-corrected chi connectivity index (χ3v) is 3.98. The second kappa shape index (κ2) is 4.45. The first-order valence-electron chi connectivity index (χ1n) is 5.98. The van der Waals surface area contributed by atoms with E-state index in [4.69, 9.17) is 0 Å². The molecule has 0 saturated carbocycles. The number of rotatable bonds is 2. The zero-order chi connectivity index (χ0) is 11.7. The molecule has 1 aromatic carbocycles. The van der Waals surface area contributed by atoms with Gasteiger partial charge in [0.1, 0.15) is 10.0 Å². The van der Waals surface area contributed by atoms with Crippen LogP contribution in [0.5, 0.6) is 0 Å². The second-order valence-electron chi connectivity index (χ2n) is 4.37. The topological polar surface area (TPSA) is 29.0 Å². The van der Waals surface area contributed by atoms with Crippen molar-refractivity contribution in [2.24, 2.45) is 0 Å². The van der Waals surface area contributed by atoms with E-state index in [-0.39, 0.29) is 0 Å². The molecule has 0 bridgehead atoms. The van der Waals surface area contributed by atoms with Crippen LogP contribution in [0, 0.1) is 6.92 Å². The largest absolute Gasteiger partial charge is 0.372 e. The molecule has 1 fully saturated rings. The Kier molecular flexibility index (Phi) is 2.81. The standard InChI is InChI=1S/C13H15N3S/c1-10-14-15-13(17-10)11-5-4-6-12(9-11)16-7-2-3-8-16/h4-6,9H,2-3,7-8H2,1H3. The molecule has 0 unspecified atom stereocenters. The number of hydrogen-bond donors (Lipinski definition) is 0. The van der Waals surface area contributed by atoms with Crippen LogP contribution in [0.4, 0.5) is 5.69 Å². The summed E-state index contributed by atoms with van der Waals surface area (Å²) in [4.78, 5) is 2.44. The highest BCUT2D eigenvalue weighted by Crippen LogP contribution is 2.28. The second-order valence-corrected chi connectivity index (χ2v) is 5.55. The lowest BCUT2D eigenvalue weighted by molar-refractivity contribution is 0.949. The van der Waals surface area contributed by atoms with Gasteiger partial charge in [0.05, 0.1) is 0 Å². The third kappa shape index (κ3) is 2.17. The maximum Gasteiger partial charge on any atom is 0.147 e. The molecule has 3 nitrogen and oxygen atoms in total. The summed E-state index contributed by atoms with van der Waals surface area (Å²) in [5, 5.41) is 10.3. The van der Waals surface area contributed by atoms with Crippen LogP contribution < -0.4 is 4.90 Å². The van der Waals surface area contributed by atoms with Gasteiger partial charge in [-0.25, -0.2) is 0 Å². The number of benzene rings is 1. The molecule has 88 valence electrons. The van der Waals surface area contributed by atoms with Gasteiger partial charge >= 0.3 is 0 Å². The van der Waals surface area contributed by atoms with Gasteiger partial charge in [0, 0.05) is 24.3 Å². The van der Waals surface area contributed by atoms with Gasteiger partial charge in [0.15, 0.2) is 0 Å². The van der Waals surface area contributed by atoms with Crippen LogP contribution in [-0.4, -0.2) is 23.3 Å². The Morgan fingerprint density at radius 1 is 1.18 bits per heavy atom. The number of nitrogens with zero attached hydrogens (tertiary/aromatic N) is 3. The van der Waals surface area contributed by atoms with E-state index in [0.717, 1.165) is 10.0 Å². The van der Waals surface area contributed by atoms with Crippen molar-refractivity contribution in [2.75, 3.05) is 18.0 Å². The van der Waals surface area contributed by atoms with Gasteiger partial charge in [0.2, 0.25) is 0 Å². The molecule has 0 radical (unpaired) electrons. The molecule has 17 heavy (non-hydrogen) atoms. The molecule has 4 heteroatoms. The first-order chi connectivity index (χ1) is 8.33. The molecular weight excluding hydrogens is 230 g/mol. The fourth-order valence-corrected chi connectivity index (χ4v) is 2.91. The fourth-order valence-electron chi connectivity index (χ4n) is 2.22. The molecule has 1 saturated heterocycles. The predicted octanol–water partition coefficient (Wildman–Crippen LogP) is 3.11. The summed E-state index contributed by atoms with van der Waals surface area (Å²) in [5.41, 5.74) is 2.49. The Labute approximate surface area is 105 Å². The Morgan fingerprint density at radius 2 is 2.00 bits per heavy atom. The summed E-state index contributed by atoms with van der Waals surface area (Å²) in [6, 6.07) is 8.63. The molecule has 2 aromatic rings. The van der Waals surface area contributed by atoms with Crippen LogP contribution >= 0.6 is 11.3 Å². The maximum absolute atomic E-state index is 4.20. The molecule has 1 aliphatic rings. The van der Waals surface area contributed by atoms with Crippen LogP contribution in [0.1, 0.15) is 17.8 Å². The van der Waals surface area contributed by atoms with Gasteiger partial charge in [0.25, 0.3) is 0 Å². The Morgan fingerprint density at radius 3 is 2.71 bits per heavy atom. The minimum absolute atomic E-state index is 1.02. The van der Waals surface area contributed by atoms with Crippen LogP contribution in [0.3, 0.4) is 0 Å². The normalized spacial score (nSPS) is 15.5. The van der Waals surface area contributed by atoms with E-state index in [1.807, 2.05) is 6.92 Å². The zero-order valence-electron chi connectivity index (χ0n) is 9.89. The highest BCUT2D eigenvalue weighted by atomic mass is 32.1. The summed E-state index contributed by atoms with van der Waals surface area (Å²) in [5.74, 6) is 0. The molecule has 0 aliphatic carbocycles. The van der Waals surface area contributed by atoms with Gasteiger partial charge in [-0.3, -0.25) is 0 Å². The monoisotopic (exact) mass is 245 g/mol. The molecule has 1 aliphatic heterocycles. The average Bonchev–Trinajstić information content (AvgIpc) is 3.00. The molecule has 2 heterocycles. The quantitative estimate of drug-likeness (QED) is 0.814. The predicted molar refractivity (Wildman–Crippen MR) is 71.5 cm³/mol. The number of anilines is 1. The number of aryl methyl sites for hydroxylation is 1. The van der Waals surface area contributed by atoms with Crippen LogP contribution in [0.2, 0.25) is 0 Å². The Balaban J connectivity index is 1.93. The lowest BCUT2D eigenvalue weighted by Crippen LogP contribution is -2.17. The van der Waals surface area contributed by atoms with Crippen LogP contribution in [0.25, 0.3) is 10.6 Å². The van der Waals surface area contributed by atoms with Crippen molar-refractivity contribution >= 4 is 17.0 Å². The summed E-state index contributed by atoms with van der Waals surface area (Å²) in [6.07, 6.45) is 2.62. The van der Waals surface area contributed by atoms with Gasteiger partial charge in [-0.1, -0.05) is 23.5 Å². The molecular formula is C13H15N3S. The average molecular weight is 245 g/mol. The van der Waals surface area contributed by atoms with Crippen molar-refractivity contribution in [1.82, 2.24) is 10.2 Å². The van der Waals surface area contributed by atoms with E-state index >= 15 is 0 Å². The number of aromatic nitrogens is 2. The number of hydrogen-bond acceptors (Lipinski definition) is 4. The van der Waals surface area contributed by atoms with Gasteiger partial charge in [-0.05, 0) is 31.9 Å². The highest BCUT2D eigenvalue weighted by Gasteiger charge is 2.13. The summed E-state index contributed by atoms with van der Waals surface area (Å²) >= 11 is 1.65. The SMILES string of the molecule is Cc1nnc(-c2cccc(N3CCCC3)c2)s1. The maximum atomic E-state index is 4.20. The van der Waals surface area contributed by atoms with Gasteiger partial charge in [-0.2, -0.15) is 0 Å². The van der Waals surface area contributed by atoms with Crippen molar-refractivity contribution in [3.8, 4) is 10.6 Å². The minimum atomic E-state index is 1.02. The molecule has 1 aromatic heterocycles. The molecule has 0 amide bonds. The van der Waals surface area contributed by atoms with Crippen LogP contribution in [-0.2, 0) is 0 Å². The molecule has 0 atom stereocenters. The smallest absolute Gasteiger partial charge is 0.147 e. The van der Waals surface area contributed by atoms with Crippen LogP contribution in [0.15, 0.2) is 24.3 Å². The zero-order valence-corrected chi connectivity index (χ0v) is 10.7. The Hall–Kier alpha value is -1.42. The van der Waals surface area contributed by atoms with E-state index in [1.165, 1.54) is 37.2 Å². The van der Waals surface area contributed by atoms with Gasteiger partial charge in [-0.15, -0.1) is 10.2 Å². The van der Waals surface area contributed by atoms with E-state index in [2.05, 4.69) is 39.4 Å². The minimum Gasteiger partial charge on any atom is -0.372 e. The fraction of sp³-hybridized carbons (Fsp3) is 0.385. The summed E-state index contributed by atoms with van der Waals surface area (Å²) in [6.45, 7) is 4.35.